The van der Waals surface area contributed by atoms with Gasteiger partial charge in [-0.3, -0.25) is 4.79 Å². The number of nitrogens with one attached hydrogen (secondary N) is 1. The van der Waals surface area contributed by atoms with Crippen LogP contribution in [0.3, 0.4) is 0 Å². The Bertz CT molecular complexity index is 858. The van der Waals surface area contributed by atoms with Gasteiger partial charge in [-0.25, -0.2) is 14.8 Å². The minimum Gasteiger partial charge on any atom is -0.467 e. The molecule has 7 nitrogen and oxygen atoms in total. The van der Waals surface area contributed by atoms with Gasteiger partial charge in [0.25, 0.3) is 5.91 Å². The smallest absolute Gasteiger partial charge is 0.331 e. The molecule has 0 aliphatic carbocycles. The molecule has 0 aromatic carbocycles. The van der Waals surface area contributed by atoms with Crippen molar-refractivity contribution in [2.45, 2.75) is 65.0 Å². The van der Waals surface area contributed by atoms with Crippen molar-refractivity contribution in [1.29, 1.82) is 0 Å². The van der Waals surface area contributed by atoms with Crippen molar-refractivity contribution < 1.29 is 14.3 Å². The first kappa shape index (κ1) is 18.4. The van der Waals surface area contributed by atoms with Crippen molar-refractivity contribution in [2.75, 3.05) is 7.11 Å². The highest BCUT2D eigenvalue weighted by Gasteiger charge is 2.35. The van der Waals surface area contributed by atoms with E-state index >= 15 is 0 Å². The number of imidazole rings is 1. The van der Waals surface area contributed by atoms with Crippen molar-refractivity contribution in [3.63, 3.8) is 0 Å². The Morgan fingerprint density at radius 3 is 2.77 bits per heavy atom. The molecule has 1 aliphatic rings. The molecule has 1 amide bonds. The summed E-state index contributed by atoms with van der Waals surface area (Å²) in [5, 5.41) is 2.83. The van der Waals surface area contributed by atoms with Crippen LogP contribution >= 0.6 is 0 Å². The van der Waals surface area contributed by atoms with E-state index in [4.69, 9.17) is 9.72 Å². The van der Waals surface area contributed by atoms with Gasteiger partial charge in [0.2, 0.25) is 0 Å². The van der Waals surface area contributed by atoms with Crippen LogP contribution in [0.25, 0.3) is 11.2 Å². The highest BCUT2D eigenvalue weighted by molar-refractivity contribution is 6.06. The minimum absolute atomic E-state index is 0.330. The lowest BCUT2D eigenvalue weighted by molar-refractivity contribution is -0.147. The van der Waals surface area contributed by atoms with Crippen LogP contribution in [0.15, 0.2) is 6.07 Å². The summed E-state index contributed by atoms with van der Waals surface area (Å²) in [6.07, 6.45) is 4.69. The maximum atomic E-state index is 13.0. The lowest BCUT2D eigenvalue weighted by atomic mass is 9.98. The predicted molar refractivity (Wildman–Crippen MR) is 98.0 cm³/mol. The van der Waals surface area contributed by atoms with Crippen LogP contribution in [0.5, 0.6) is 0 Å². The molecule has 0 fully saturated rings. The van der Waals surface area contributed by atoms with Gasteiger partial charge in [0.05, 0.1) is 12.7 Å². The quantitative estimate of drug-likeness (QED) is 0.849. The molecule has 0 spiro atoms. The SMILES string of the molecule is CC[C@](C)(NC(=O)c1cc(C)nc2c1nc1n2CCCCC1)C(=O)OC. The van der Waals surface area contributed by atoms with E-state index in [0.29, 0.717) is 17.5 Å². The van der Waals surface area contributed by atoms with Gasteiger partial charge in [0, 0.05) is 18.7 Å². The average Bonchev–Trinajstić information content (AvgIpc) is 2.81. The number of esters is 1. The number of amides is 1. The Morgan fingerprint density at radius 1 is 1.31 bits per heavy atom. The first-order chi connectivity index (χ1) is 12.4. The standard InChI is InChI=1S/C19H26N4O3/c1-5-19(3,18(25)26-4)22-17(24)13-11-12(2)20-16-15(13)21-14-9-7-6-8-10-23(14)16/h11H,5-10H2,1-4H3,(H,22,24)/t19-/m0/s1. The first-order valence-electron chi connectivity index (χ1n) is 9.17. The Morgan fingerprint density at radius 2 is 2.08 bits per heavy atom. The van der Waals surface area contributed by atoms with Gasteiger partial charge in [-0.15, -0.1) is 0 Å². The zero-order chi connectivity index (χ0) is 18.9. The van der Waals surface area contributed by atoms with Gasteiger partial charge in [-0.1, -0.05) is 13.3 Å². The number of hydrogen-bond acceptors (Lipinski definition) is 5. The summed E-state index contributed by atoms with van der Waals surface area (Å²) >= 11 is 0. The number of hydrogen-bond donors (Lipinski definition) is 1. The van der Waals surface area contributed by atoms with E-state index in [1.807, 2.05) is 13.8 Å². The number of methoxy groups -OCH3 is 1. The van der Waals surface area contributed by atoms with Gasteiger partial charge in [-0.05, 0) is 39.2 Å². The molecular formula is C19H26N4O3. The van der Waals surface area contributed by atoms with Gasteiger partial charge in [-0.2, -0.15) is 0 Å². The maximum Gasteiger partial charge on any atom is 0.331 e. The summed E-state index contributed by atoms with van der Waals surface area (Å²) in [6.45, 7) is 6.25. The lowest BCUT2D eigenvalue weighted by Gasteiger charge is -2.26. The summed E-state index contributed by atoms with van der Waals surface area (Å²) in [4.78, 5) is 34.4. The molecule has 0 bridgehead atoms. The third-order valence-electron chi connectivity index (χ3n) is 5.17. The summed E-state index contributed by atoms with van der Waals surface area (Å²) in [7, 11) is 1.32. The van der Waals surface area contributed by atoms with Crippen molar-refractivity contribution in [3.8, 4) is 0 Å². The summed E-state index contributed by atoms with van der Waals surface area (Å²) in [6, 6.07) is 1.73. The molecule has 26 heavy (non-hydrogen) atoms. The second-order valence-electron chi connectivity index (χ2n) is 7.11. The van der Waals surface area contributed by atoms with Crippen LogP contribution in [0, 0.1) is 6.92 Å². The monoisotopic (exact) mass is 358 g/mol. The topological polar surface area (TPSA) is 86.1 Å². The number of rotatable bonds is 4. The number of carbonyl (C=O) groups is 2. The van der Waals surface area contributed by atoms with E-state index in [1.165, 1.54) is 13.5 Å². The predicted octanol–water partition coefficient (Wildman–Crippen LogP) is 2.54. The molecule has 1 aliphatic heterocycles. The molecule has 3 rings (SSSR count). The Hall–Kier alpha value is -2.44. The molecule has 3 heterocycles. The fourth-order valence-electron chi connectivity index (χ4n) is 3.42. The Balaban J connectivity index is 2.04. The van der Waals surface area contributed by atoms with Gasteiger partial charge in [0.15, 0.2) is 5.65 Å². The molecule has 0 radical (unpaired) electrons. The first-order valence-corrected chi connectivity index (χ1v) is 9.17. The minimum atomic E-state index is -1.08. The average molecular weight is 358 g/mol. The third-order valence-corrected chi connectivity index (χ3v) is 5.17. The third kappa shape index (κ3) is 3.18. The van der Waals surface area contributed by atoms with Crippen LogP contribution < -0.4 is 5.32 Å². The van der Waals surface area contributed by atoms with Gasteiger partial charge in [0.1, 0.15) is 16.9 Å². The second-order valence-corrected chi connectivity index (χ2v) is 7.11. The second kappa shape index (κ2) is 7.05. The number of pyridine rings is 1. The summed E-state index contributed by atoms with van der Waals surface area (Å²) in [5.74, 6) is 0.190. The summed E-state index contributed by atoms with van der Waals surface area (Å²) < 4.78 is 6.98. The zero-order valence-electron chi connectivity index (χ0n) is 15.9. The number of nitrogens with zero attached hydrogens (tertiary/aromatic N) is 3. The van der Waals surface area contributed by atoms with E-state index in [9.17, 15) is 9.59 Å². The number of carbonyl (C=O) groups excluding carboxylic acids is 2. The number of ether oxygens (including phenoxy) is 1. The molecular weight excluding hydrogens is 332 g/mol. The number of aromatic nitrogens is 3. The van der Waals surface area contributed by atoms with Crippen LogP contribution in [-0.4, -0.2) is 39.1 Å². The van der Waals surface area contributed by atoms with Crippen molar-refractivity contribution in [2.24, 2.45) is 0 Å². The number of fused-ring (bicyclic) bond motifs is 3. The molecule has 0 saturated carbocycles. The van der Waals surface area contributed by atoms with Crippen LogP contribution in [0.1, 0.15) is 61.4 Å². The van der Waals surface area contributed by atoms with E-state index < -0.39 is 11.5 Å². The van der Waals surface area contributed by atoms with Gasteiger partial charge < -0.3 is 14.6 Å². The normalized spacial score (nSPS) is 16.5. The molecule has 2 aromatic heterocycles. The molecule has 7 heteroatoms. The number of aryl methyl sites for hydroxylation is 3. The van der Waals surface area contributed by atoms with E-state index in [1.54, 1.807) is 13.0 Å². The molecule has 140 valence electrons. The molecule has 0 unspecified atom stereocenters. The van der Waals surface area contributed by atoms with Crippen molar-refractivity contribution in [1.82, 2.24) is 19.9 Å². The van der Waals surface area contributed by atoms with E-state index in [-0.39, 0.29) is 5.91 Å². The molecule has 0 saturated heterocycles. The molecule has 2 aromatic rings. The summed E-state index contributed by atoms with van der Waals surface area (Å²) in [5.41, 5.74) is 1.49. The zero-order valence-corrected chi connectivity index (χ0v) is 15.9. The Labute approximate surface area is 153 Å². The highest BCUT2D eigenvalue weighted by Crippen LogP contribution is 2.24. The van der Waals surface area contributed by atoms with E-state index in [2.05, 4.69) is 14.9 Å². The largest absolute Gasteiger partial charge is 0.467 e. The fourth-order valence-corrected chi connectivity index (χ4v) is 3.42. The van der Waals surface area contributed by atoms with E-state index in [0.717, 1.165) is 43.0 Å². The fraction of sp³-hybridized carbons (Fsp3) is 0.579. The lowest BCUT2D eigenvalue weighted by Crippen LogP contribution is -2.52. The molecule has 1 N–H and O–H groups in total. The van der Waals surface area contributed by atoms with Gasteiger partial charge >= 0.3 is 5.97 Å². The highest BCUT2D eigenvalue weighted by atomic mass is 16.5. The van der Waals surface area contributed by atoms with Crippen LogP contribution in [-0.2, 0) is 22.5 Å². The Kier molecular flexibility index (Phi) is 4.98. The van der Waals surface area contributed by atoms with Crippen molar-refractivity contribution in [3.05, 3.63) is 23.1 Å². The van der Waals surface area contributed by atoms with Crippen LogP contribution in [0.2, 0.25) is 0 Å². The molecule has 1 atom stereocenters. The van der Waals surface area contributed by atoms with Crippen LogP contribution in [0.4, 0.5) is 0 Å². The maximum absolute atomic E-state index is 13.0. The van der Waals surface area contributed by atoms with Crippen molar-refractivity contribution >= 4 is 23.0 Å².